The first-order chi connectivity index (χ1) is 10.2. The molecule has 0 bridgehead atoms. The Morgan fingerprint density at radius 3 is 1.95 bits per heavy atom. The van der Waals surface area contributed by atoms with Crippen molar-refractivity contribution in [1.82, 2.24) is 0 Å². The number of carbonyl (C=O) groups is 1. The smallest absolute Gasteiger partial charge is 0.425 e. The van der Waals surface area contributed by atoms with Gasteiger partial charge in [-0.05, 0) is 86.1 Å². The van der Waals surface area contributed by atoms with Crippen molar-refractivity contribution in [1.29, 1.82) is 0 Å². The topological polar surface area (TPSA) is 26.3 Å². The number of halogens is 2. The quantitative estimate of drug-likeness (QED) is 0.233. The van der Waals surface area contributed by atoms with Crippen LogP contribution < -0.4 is 4.74 Å². The summed E-state index contributed by atoms with van der Waals surface area (Å²) in [5.41, 5.74) is 0. The summed E-state index contributed by atoms with van der Waals surface area (Å²) in [5, 5.41) is 0. The molecule has 0 aromatic heterocycles. The number of carbonyl (C=O) groups excluding carboxylic acids is 1. The Bertz CT molecular complexity index is 456. The summed E-state index contributed by atoms with van der Waals surface area (Å²) in [7, 11) is 0. The van der Waals surface area contributed by atoms with Crippen molar-refractivity contribution in [3.8, 4) is 5.75 Å². The molecule has 0 spiro atoms. The molecule has 10 radical (unpaired) electrons. The summed E-state index contributed by atoms with van der Waals surface area (Å²) in [4.78, 5) is 11.8. The third-order valence-corrected chi connectivity index (χ3v) is 4.41. The summed E-state index contributed by atoms with van der Waals surface area (Å²) < 4.78 is 7.16. The first kappa shape index (κ1) is 20.7. The number of benzene rings is 1. The van der Waals surface area contributed by atoms with Crippen LogP contribution in [0.3, 0.4) is 0 Å². The van der Waals surface area contributed by atoms with E-state index in [2.05, 4.69) is 45.2 Å². The summed E-state index contributed by atoms with van der Waals surface area (Å²) >= 11 is 4.26. The molecule has 5 heteroatoms. The van der Waals surface area contributed by atoms with Gasteiger partial charge in [0.15, 0.2) is 0 Å². The van der Waals surface area contributed by atoms with E-state index in [-0.39, 0.29) is 23.0 Å². The Balaban J connectivity index is 0.000000344. The van der Waals surface area contributed by atoms with Gasteiger partial charge in [0.1, 0.15) is 11.7 Å². The van der Waals surface area contributed by atoms with E-state index in [0.29, 0.717) is 11.7 Å². The molecule has 0 aliphatic heterocycles. The van der Waals surface area contributed by atoms with Gasteiger partial charge in [-0.1, -0.05) is 34.7 Å². The number of rotatable bonds is 2. The predicted octanol–water partition coefficient (Wildman–Crippen LogP) is 4.38. The van der Waals surface area contributed by atoms with Crippen LogP contribution in [0.15, 0.2) is 24.3 Å². The van der Waals surface area contributed by atoms with Crippen LogP contribution in [0.4, 0.5) is 0 Å². The molecular weight excluding hydrogens is 546 g/mol. The van der Waals surface area contributed by atoms with Crippen molar-refractivity contribution >= 4 is 51.2 Å². The molecular formula is C17H12FeI2O2+2. The zero-order chi connectivity index (χ0) is 15.1. The molecule has 0 N–H and O–H groups in total. The zero-order valence-electron chi connectivity index (χ0n) is 11.4. The second-order valence-corrected chi connectivity index (χ2v) is 6.39. The number of para-hydroxylation sites is 1. The van der Waals surface area contributed by atoms with E-state index < -0.39 is 0 Å². The van der Waals surface area contributed by atoms with E-state index >= 15 is 0 Å². The van der Waals surface area contributed by atoms with Crippen molar-refractivity contribution in [2.24, 2.45) is 0 Å². The van der Waals surface area contributed by atoms with Gasteiger partial charge in [-0.3, -0.25) is 4.79 Å². The van der Waals surface area contributed by atoms with E-state index in [1.165, 1.54) is 0 Å². The largest absolute Gasteiger partial charge is 2.00 e. The minimum absolute atomic E-state index is 0. The second-order valence-electron chi connectivity index (χ2n) is 4.07. The molecule has 0 saturated heterocycles. The third kappa shape index (κ3) is 6.65. The number of hydrogen-bond acceptors (Lipinski definition) is 2. The van der Waals surface area contributed by atoms with Crippen LogP contribution in [0.5, 0.6) is 5.75 Å². The SMILES string of the molecule is O=C(Oc1ccccc1I)[C]1[CH][CH][CH][C]1I.[CH]1[CH][CH][CH][CH]1.[Fe+2]. The molecule has 2 aliphatic carbocycles. The Morgan fingerprint density at radius 1 is 0.864 bits per heavy atom. The van der Waals surface area contributed by atoms with Crippen LogP contribution in [-0.2, 0) is 21.9 Å². The molecule has 2 saturated carbocycles. The summed E-state index contributed by atoms with van der Waals surface area (Å²) in [6.45, 7) is 0. The minimum atomic E-state index is -0.307. The van der Waals surface area contributed by atoms with Crippen LogP contribution in [0, 0.1) is 64.8 Å². The van der Waals surface area contributed by atoms with E-state index in [1.54, 1.807) is 12.5 Å². The van der Waals surface area contributed by atoms with Gasteiger partial charge < -0.3 is 4.74 Å². The van der Waals surface area contributed by atoms with Crippen LogP contribution in [0.2, 0.25) is 0 Å². The Morgan fingerprint density at radius 2 is 1.45 bits per heavy atom. The van der Waals surface area contributed by atoms with Crippen molar-refractivity contribution in [2.45, 2.75) is 0 Å². The van der Waals surface area contributed by atoms with Gasteiger partial charge in [0.25, 0.3) is 0 Å². The molecule has 0 unspecified atom stereocenters. The fourth-order valence-electron chi connectivity index (χ4n) is 1.57. The van der Waals surface area contributed by atoms with Crippen LogP contribution >= 0.6 is 45.2 Å². The van der Waals surface area contributed by atoms with Gasteiger partial charge in [-0.25, -0.2) is 0 Å². The van der Waals surface area contributed by atoms with E-state index in [4.69, 9.17) is 4.74 Å². The van der Waals surface area contributed by atoms with Crippen molar-refractivity contribution in [3.05, 3.63) is 89.0 Å². The minimum Gasteiger partial charge on any atom is -0.425 e. The molecule has 3 rings (SSSR count). The number of esters is 1. The van der Waals surface area contributed by atoms with E-state index in [1.807, 2.05) is 63.1 Å². The normalized spacial score (nSPS) is 18.3. The standard InChI is InChI=1S/C12H7I2O2.C5H5.Fe/c13-9-6-3-4-8(9)12(15)16-11-7-2-1-5-10(11)14;1-2-4-5-3-1;/h1-7H;1-5H;/q;;+2. The molecule has 1 aromatic carbocycles. The maximum absolute atomic E-state index is 11.8. The second kappa shape index (κ2) is 11.3. The zero-order valence-corrected chi connectivity index (χ0v) is 16.8. The third-order valence-electron chi connectivity index (χ3n) is 2.58. The average molecular weight is 558 g/mol. The fraction of sp³-hybridized carbons (Fsp3) is 0. The van der Waals surface area contributed by atoms with Crippen LogP contribution in [0.25, 0.3) is 0 Å². The molecule has 0 amide bonds. The molecule has 0 heterocycles. The maximum atomic E-state index is 11.8. The van der Waals surface area contributed by atoms with Crippen molar-refractivity contribution < 1.29 is 26.6 Å². The Hall–Kier alpha value is 0.669. The summed E-state index contributed by atoms with van der Waals surface area (Å²) in [6.07, 6.45) is 15.5. The monoisotopic (exact) mass is 558 g/mol. The van der Waals surface area contributed by atoms with Gasteiger partial charge >= 0.3 is 23.0 Å². The predicted molar refractivity (Wildman–Crippen MR) is 99.7 cm³/mol. The molecule has 0 atom stereocenters. The molecule has 2 aliphatic rings. The Labute approximate surface area is 171 Å². The van der Waals surface area contributed by atoms with Crippen molar-refractivity contribution in [3.63, 3.8) is 0 Å². The van der Waals surface area contributed by atoms with E-state index in [9.17, 15) is 4.79 Å². The number of hydrogen-bond donors (Lipinski definition) is 0. The van der Waals surface area contributed by atoms with Gasteiger partial charge in [0.2, 0.25) is 0 Å². The maximum Gasteiger partial charge on any atom is 2.00 e. The van der Waals surface area contributed by atoms with Gasteiger partial charge in [-0.2, -0.15) is 0 Å². The molecule has 1 aromatic rings. The van der Waals surface area contributed by atoms with Crippen LogP contribution in [-0.4, -0.2) is 5.97 Å². The average Bonchev–Trinajstić information content (AvgIpc) is 3.15. The molecule has 2 nitrogen and oxygen atoms in total. The van der Waals surface area contributed by atoms with Crippen LogP contribution in [0.1, 0.15) is 0 Å². The summed E-state index contributed by atoms with van der Waals surface area (Å²) in [6, 6.07) is 7.45. The molecule has 2 fully saturated rings. The summed E-state index contributed by atoms with van der Waals surface area (Å²) in [5.74, 6) is 0.906. The fourth-order valence-corrected chi connectivity index (χ4v) is 2.67. The molecule has 22 heavy (non-hydrogen) atoms. The van der Waals surface area contributed by atoms with E-state index in [0.717, 1.165) is 7.49 Å². The van der Waals surface area contributed by atoms with Gasteiger partial charge in [0, 0.05) is 0 Å². The van der Waals surface area contributed by atoms with Gasteiger partial charge in [-0.15, -0.1) is 0 Å². The first-order valence-corrected chi connectivity index (χ1v) is 8.39. The molecule has 112 valence electrons. The van der Waals surface area contributed by atoms with Crippen molar-refractivity contribution in [2.75, 3.05) is 0 Å². The first-order valence-electron chi connectivity index (χ1n) is 6.23. The number of ether oxygens (including phenoxy) is 1. The van der Waals surface area contributed by atoms with Gasteiger partial charge in [0.05, 0.1) is 7.49 Å². The Kier molecular flexibility index (Phi) is 10.6.